The van der Waals surface area contributed by atoms with Crippen molar-refractivity contribution in [2.75, 3.05) is 0 Å². The Morgan fingerprint density at radius 2 is 0.719 bits per heavy atom. The third kappa shape index (κ3) is 4.76. The summed E-state index contributed by atoms with van der Waals surface area (Å²) in [5.74, 6) is 0. The van der Waals surface area contributed by atoms with Gasteiger partial charge in [0.1, 0.15) is 11.2 Å². The lowest BCUT2D eigenvalue weighted by molar-refractivity contribution is 0.669. The molecule has 0 fully saturated rings. The zero-order valence-corrected chi connectivity index (χ0v) is 31.0. The molecule has 0 N–H and O–H groups in total. The summed E-state index contributed by atoms with van der Waals surface area (Å²) >= 11 is 0. The van der Waals surface area contributed by atoms with Crippen LogP contribution in [-0.2, 0) is 0 Å². The summed E-state index contributed by atoms with van der Waals surface area (Å²) in [4.78, 5) is 0. The highest BCUT2D eigenvalue weighted by Gasteiger charge is 2.24. The van der Waals surface area contributed by atoms with Crippen molar-refractivity contribution < 1.29 is 4.42 Å². The van der Waals surface area contributed by atoms with Gasteiger partial charge in [-0.2, -0.15) is 0 Å². The van der Waals surface area contributed by atoms with Crippen LogP contribution in [0.2, 0.25) is 0 Å². The monoisotopic (exact) mass is 722 g/mol. The maximum Gasteiger partial charge on any atom is 0.136 e. The summed E-state index contributed by atoms with van der Waals surface area (Å²) in [6, 6.07) is 75.2. The van der Waals surface area contributed by atoms with Crippen molar-refractivity contribution >= 4 is 75.8 Å². The first-order valence-electron chi connectivity index (χ1n) is 19.7. The first kappa shape index (κ1) is 31.8. The van der Waals surface area contributed by atoms with Crippen LogP contribution in [0.3, 0.4) is 0 Å². The second kappa shape index (κ2) is 12.5. The van der Waals surface area contributed by atoms with Crippen molar-refractivity contribution in [2.24, 2.45) is 0 Å². The van der Waals surface area contributed by atoms with E-state index in [4.69, 9.17) is 4.42 Å². The number of hydrogen-bond donors (Lipinski definition) is 0. The SMILES string of the molecule is c1ccc(-c2ccc3c(c2)oc2cccc(-c4c5ccccc5c(-c5c(-c6ccccc6)ccc6c7ccccc7c7ccccc7c56)c5ccccc45)c23)cc1. The van der Waals surface area contributed by atoms with Gasteiger partial charge in [0.25, 0.3) is 0 Å². The second-order valence-corrected chi connectivity index (χ2v) is 15.1. The molecule has 264 valence electrons. The van der Waals surface area contributed by atoms with E-state index in [9.17, 15) is 0 Å². The molecule has 0 aliphatic heterocycles. The van der Waals surface area contributed by atoms with E-state index in [0.717, 1.165) is 27.5 Å². The van der Waals surface area contributed by atoms with Crippen molar-refractivity contribution in [1.29, 1.82) is 0 Å². The van der Waals surface area contributed by atoms with Gasteiger partial charge in [0.2, 0.25) is 0 Å². The quantitative estimate of drug-likeness (QED) is 0.130. The van der Waals surface area contributed by atoms with Crippen molar-refractivity contribution in [1.82, 2.24) is 0 Å². The number of furan rings is 1. The van der Waals surface area contributed by atoms with E-state index in [-0.39, 0.29) is 0 Å². The molecule has 0 aliphatic rings. The predicted octanol–water partition coefficient (Wildman–Crippen LogP) is 16.0. The lowest BCUT2D eigenvalue weighted by Gasteiger charge is -2.23. The van der Waals surface area contributed by atoms with Gasteiger partial charge >= 0.3 is 0 Å². The van der Waals surface area contributed by atoms with Gasteiger partial charge in [-0.1, -0.05) is 188 Å². The molecule has 57 heavy (non-hydrogen) atoms. The molecule has 1 nitrogen and oxygen atoms in total. The second-order valence-electron chi connectivity index (χ2n) is 15.1. The average molecular weight is 723 g/mol. The molecular formula is C56H34O. The standard InChI is InChI=1S/C56H34O/c1-3-16-35(17-4-1)37-30-31-48-51(34-37)57-50-29-15-28-49(53(48)50)52-43-24-11-13-26-45(43)55(46-27-14-12-25-44(46)52)56-38(36-18-5-2-6-19-36)32-33-47-41-22-8-7-20-39(41)40-21-9-10-23-42(40)54(47)56/h1-34H. The molecular weight excluding hydrogens is 689 g/mol. The molecule has 1 aromatic heterocycles. The van der Waals surface area contributed by atoms with Crippen LogP contribution in [0.5, 0.6) is 0 Å². The van der Waals surface area contributed by atoms with Crippen LogP contribution in [-0.4, -0.2) is 0 Å². The highest BCUT2D eigenvalue weighted by Crippen LogP contribution is 2.52. The molecule has 0 amide bonds. The highest BCUT2D eigenvalue weighted by atomic mass is 16.3. The van der Waals surface area contributed by atoms with E-state index in [1.807, 2.05) is 0 Å². The van der Waals surface area contributed by atoms with Gasteiger partial charge in [-0.3, -0.25) is 0 Å². The fraction of sp³-hybridized carbons (Fsp3) is 0. The van der Waals surface area contributed by atoms with Gasteiger partial charge < -0.3 is 4.42 Å². The van der Waals surface area contributed by atoms with E-state index in [1.54, 1.807) is 0 Å². The largest absolute Gasteiger partial charge is 0.456 e. The minimum atomic E-state index is 0.892. The Bertz CT molecular complexity index is 3460. The molecule has 0 saturated carbocycles. The summed E-state index contributed by atoms with van der Waals surface area (Å²) in [6.45, 7) is 0. The van der Waals surface area contributed by atoms with Gasteiger partial charge in [-0.05, 0) is 117 Å². The first-order chi connectivity index (χ1) is 28.3. The molecule has 0 bridgehead atoms. The molecule has 1 heteroatoms. The fourth-order valence-corrected chi connectivity index (χ4v) is 9.65. The minimum Gasteiger partial charge on any atom is -0.456 e. The zero-order valence-electron chi connectivity index (χ0n) is 31.0. The van der Waals surface area contributed by atoms with Gasteiger partial charge in [-0.15, -0.1) is 0 Å². The van der Waals surface area contributed by atoms with E-state index in [0.29, 0.717) is 0 Å². The van der Waals surface area contributed by atoms with Crippen LogP contribution >= 0.6 is 0 Å². The Labute approximate surface area is 329 Å². The first-order valence-corrected chi connectivity index (χ1v) is 19.7. The number of benzene rings is 11. The molecule has 0 spiro atoms. The van der Waals surface area contributed by atoms with Crippen LogP contribution in [0, 0.1) is 0 Å². The van der Waals surface area contributed by atoms with Crippen LogP contribution in [0.25, 0.3) is 120 Å². The summed E-state index contributed by atoms with van der Waals surface area (Å²) in [5.41, 5.74) is 11.5. The maximum atomic E-state index is 6.68. The average Bonchev–Trinajstić information content (AvgIpc) is 3.67. The summed E-state index contributed by atoms with van der Waals surface area (Å²) in [7, 11) is 0. The summed E-state index contributed by atoms with van der Waals surface area (Å²) in [5, 5.41) is 14.8. The minimum absolute atomic E-state index is 0.892. The number of fused-ring (bicyclic) bond motifs is 11. The third-order valence-corrected chi connectivity index (χ3v) is 12.0. The van der Waals surface area contributed by atoms with Crippen LogP contribution < -0.4 is 0 Å². The van der Waals surface area contributed by atoms with Gasteiger partial charge in [-0.25, -0.2) is 0 Å². The zero-order chi connectivity index (χ0) is 37.5. The van der Waals surface area contributed by atoms with Crippen molar-refractivity contribution in [3.05, 3.63) is 206 Å². The molecule has 0 aliphatic carbocycles. The molecule has 0 radical (unpaired) electrons. The molecule has 0 saturated heterocycles. The molecule has 0 atom stereocenters. The van der Waals surface area contributed by atoms with E-state index in [2.05, 4.69) is 206 Å². The Balaban J connectivity index is 1.24. The van der Waals surface area contributed by atoms with Crippen LogP contribution in [0.15, 0.2) is 211 Å². The van der Waals surface area contributed by atoms with Crippen molar-refractivity contribution in [3.63, 3.8) is 0 Å². The normalized spacial score (nSPS) is 11.9. The van der Waals surface area contributed by atoms with Gasteiger partial charge in [0.05, 0.1) is 0 Å². The van der Waals surface area contributed by atoms with Gasteiger partial charge in [0, 0.05) is 10.8 Å². The highest BCUT2D eigenvalue weighted by molar-refractivity contribution is 6.34. The van der Waals surface area contributed by atoms with E-state index in [1.165, 1.54) is 92.8 Å². The molecule has 11 aromatic carbocycles. The molecule has 1 heterocycles. The molecule has 12 rings (SSSR count). The topological polar surface area (TPSA) is 13.1 Å². The Morgan fingerprint density at radius 1 is 0.228 bits per heavy atom. The molecule has 12 aromatic rings. The maximum absolute atomic E-state index is 6.68. The third-order valence-electron chi connectivity index (χ3n) is 12.0. The predicted molar refractivity (Wildman–Crippen MR) is 243 cm³/mol. The number of rotatable bonds is 4. The van der Waals surface area contributed by atoms with Crippen molar-refractivity contribution in [2.45, 2.75) is 0 Å². The van der Waals surface area contributed by atoms with E-state index < -0.39 is 0 Å². The van der Waals surface area contributed by atoms with Crippen LogP contribution in [0.1, 0.15) is 0 Å². The fourth-order valence-electron chi connectivity index (χ4n) is 9.65. The smallest absolute Gasteiger partial charge is 0.136 e. The van der Waals surface area contributed by atoms with E-state index >= 15 is 0 Å². The Morgan fingerprint density at radius 3 is 1.35 bits per heavy atom. The van der Waals surface area contributed by atoms with Crippen LogP contribution in [0.4, 0.5) is 0 Å². The lowest BCUT2D eigenvalue weighted by atomic mass is 9.80. The van der Waals surface area contributed by atoms with Gasteiger partial charge in [0.15, 0.2) is 0 Å². The Kier molecular flexibility index (Phi) is 7.00. The number of hydrogen-bond acceptors (Lipinski definition) is 1. The molecule has 0 unspecified atom stereocenters. The lowest BCUT2D eigenvalue weighted by Crippen LogP contribution is -1.95. The summed E-state index contributed by atoms with van der Waals surface area (Å²) in [6.07, 6.45) is 0. The Hall–Kier alpha value is -7.48. The summed E-state index contributed by atoms with van der Waals surface area (Å²) < 4.78 is 6.68. The van der Waals surface area contributed by atoms with Crippen molar-refractivity contribution in [3.8, 4) is 44.5 Å².